The van der Waals surface area contributed by atoms with Gasteiger partial charge in [-0.2, -0.15) is 4.31 Å². The van der Waals surface area contributed by atoms with Crippen LogP contribution < -0.4 is 5.73 Å². The minimum absolute atomic E-state index is 0.0955. The summed E-state index contributed by atoms with van der Waals surface area (Å²) in [4.78, 5) is 11.7. The molecule has 0 spiro atoms. The van der Waals surface area contributed by atoms with E-state index in [1.807, 2.05) is 50.2 Å². The minimum Gasteiger partial charge on any atom is -0.369 e. The molecule has 5 nitrogen and oxygen atoms in total. The van der Waals surface area contributed by atoms with Crippen LogP contribution in [-0.4, -0.2) is 25.2 Å². The SMILES string of the molecule is Cc1ccc(CN(CC(N)=O)S(=O)(=O)c2c(C)cc(C)cc2C)cc1. The molecule has 2 rings (SSSR count). The predicted octanol–water partition coefficient (Wildman–Crippen LogP) is 2.60. The highest BCUT2D eigenvalue weighted by molar-refractivity contribution is 7.89. The molecule has 0 unspecified atom stereocenters. The number of nitrogens with two attached hydrogens (primary N) is 1. The average molecular weight is 360 g/mol. The number of nitrogens with zero attached hydrogens (tertiary/aromatic N) is 1. The normalized spacial score (nSPS) is 11.7. The fourth-order valence-electron chi connectivity index (χ4n) is 3.00. The van der Waals surface area contributed by atoms with Gasteiger partial charge in [-0.05, 0) is 44.4 Å². The van der Waals surface area contributed by atoms with Crippen LogP contribution in [0.2, 0.25) is 0 Å². The molecule has 25 heavy (non-hydrogen) atoms. The molecule has 0 aliphatic carbocycles. The predicted molar refractivity (Wildman–Crippen MR) is 98.6 cm³/mol. The summed E-state index contributed by atoms with van der Waals surface area (Å²) in [5, 5.41) is 0. The number of benzene rings is 2. The van der Waals surface area contributed by atoms with Crippen LogP contribution in [0.1, 0.15) is 27.8 Å². The topological polar surface area (TPSA) is 80.5 Å². The van der Waals surface area contributed by atoms with Crippen molar-refractivity contribution in [1.82, 2.24) is 4.31 Å². The Balaban J connectivity index is 2.49. The summed E-state index contributed by atoms with van der Waals surface area (Å²) in [6.45, 7) is 7.15. The lowest BCUT2D eigenvalue weighted by atomic mass is 10.1. The maximum absolute atomic E-state index is 13.2. The van der Waals surface area contributed by atoms with Gasteiger partial charge in [-0.3, -0.25) is 4.79 Å². The first-order chi connectivity index (χ1) is 11.6. The summed E-state index contributed by atoms with van der Waals surface area (Å²) >= 11 is 0. The summed E-state index contributed by atoms with van der Waals surface area (Å²) in [5.41, 5.74) is 9.51. The zero-order valence-corrected chi connectivity index (χ0v) is 15.9. The third-order valence-electron chi connectivity index (χ3n) is 4.01. The monoisotopic (exact) mass is 360 g/mol. The number of rotatable bonds is 6. The van der Waals surface area contributed by atoms with Gasteiger partial charge in [0.2, 0.25) is 15.9 Å². The number of hydrogen-bond donors (Lipinski definition) is 1. The van der Waals surface area contributed by atoms with Crippen molar-refractivity contribution >= 4 is 15.9 Å². The first kappa shape index (κ1) is 19.1. The van der Waals surface area contributed by atoms with E-state index in [9.17, 15) is 13.2 Å². The number of carbonyl (C=O) groups is 1. The van der Waals surface area contributed by atoms with Crippen LogP contribution in [-0.2, 0) is 21.4 Å². The van der Waals surface area contributed by atoms with E-state index in [0.717, 1.165) is 21.0 Å². The van der Waals surface area contributed by atoms with E-state index in [-0.39, 0.29) is 18.0 Å². The number of aryl methyl sites for hydroxylation is 4. The Morgan fingerprint density at radius 3 is 1.96 bits per heavy atom. The second-order valence-electron chi connectivity index (χ2n) is 6.45. The standard InChI is InChI=1S/C19H24N2O3S/c1-13-5-7-17(8-6-13)11-21(12-18(20)22)25(23,24)19-15(3)9-14(2)10-16(19)4/h5-10H,11-12H2,1-4H3,(H2,20,22). The second kappa shape index (κ2) is 7.37. The Bertz CT molecular complexity index is 864. The molecule has 0 fully saturated rings. The Morgan fingerprint density at radius 1 is 0.960 bits per heavy atom. The van der Waals surface area contributed by atoms with Crippen LogP contribution in [0.5, 0.6) is 0 Å². The zero-order chi connectivity index (χ0) is 18.8. The summed E-state index contributed by atoms with van der Waals surface area (Å²) in [5.74, 6) is -0.682. The Hall–Kier alpha value is -2.18. The van der Waals surface area contributed by atoms with Crippen LogP contribution >= 0.6 is 0 Å². The van der Waals surface area contributed by atoms with Crippen molar-refractivity contribution in [2.45, 2.75) is 39.1 Å². The second-order valence-corrected chi connectivity index (χ2v) is 8.33. The lowest BCUT2D eigenvalue weighted by Gasteiger charge is -2.23. The molecule has 1 amide bonds. The number of sulfonamides is 1. The highest BCUT2D eigenvalue weighted by atomic mass is 32.2. The van der Waals surface area contributed by atoms with E-state index in [2.05, 4.69) is 0 Å². The molecule has 2 aromatic rings. The van der Waals surface area contributed by atoms with Crippen molar-refractivity contribution in [3.05, 3.63) is 64.2 Å². The fraction of sp³-hybridized carbons (Fsp3) is 0.316. The molecule has 0 aliphatic rings. The number of carbonyl (C=O) groups excluding carboxylic acids is 1. The van der Waals surface area contributed by atoms with E-state index in [0.29, 0.717) is 11.1 Å². The third kappa shape index (κ3) is 4.46. The first-order valence-electron chi connectivity index (χ1n) is 8.03. The van der Waals surface area contributed by atoms with Gasteiger partial charge in [0.15, 0.2) is 0 Å². The van der Waals surface area contributed by atoms with Crippen molar-refractivity contribution in [1.29, 1.82) is 0 Å². The van der Waals surface area contributed by atoms with Gasteiger partial charge < -0.3 is 5.73 Å². The molecular weight excluding hydrogens is 336 g/mol. The van der Waals surface area contributed by atoms with E-state index in [1.54, 1.807) is 13.8 Å². The summed E-state index contributed by atoms with van der Waals surface area (Å²) in [6.07, 6.45) is 0. The average Bonchev–Trinajstić information content (AvgIpc) is 2.47. The molecular formula is C19H24N2O3S. The molecule has 0 bridgehead atoms. The van der Waals surface area contributed by atoms with E-state index in [1.165, 1.54) is 0 Å². The van der Waals surface area contributed by atoms with Gasteiger partial charge in [0.1, 0.15) is 0 Å². The largest absolute Gasteiger partial charge is 0.369 e. The quantitative estimate of drug-likeness (QED) is 0.860. The highest BCUT2D eigenvalue weighted by Gasteiger charge is 2.29. The molecule has 0 radical (unpaired) electrons. The van der Waals surface area contributed by atoms with Gasteiger partial charge in [-0.15, -0.1) is 0 Å². The van der Waals surface area contributed by atoms with E-state index in [4.69, 9.17) is 5.73 Å². The van der Waals surface area contributed by atoms with E-state index < -0.39 is 15.9 Å². The Labute approximate surface area is 149 Å². The van der Waals surface area contributed by atoms with Gasteiger partial charge >= 0.3 is 0 Å². The van der Waals surface area contributed by atoms with Crippen molar-refractivity contribution in [3.63, 3.8) is 0 Å². The molecule has 134 valence electrons. The van der Waals surface area contributed by atoms with Crippen molar-refractivity contribution in [3.8, 4) is 0 Å². The molecule has 0 atom stereocenters. The molecule has 6 heteroatoms. The summed E-state index contributed by atoms with van der Waals surface area (Å²) in [7, 11) is -3.85. The molecule has 0 saturated heterocycles. The van der Waals surface area contributed by atoms with Gasteiger partial charge in [0, 0.05) is 6.54 Å². The Morgan fingerprint density at radius 2 is 1.48 bits per heavy atom. The third-order valence-corrected chi connectivity index (χ3v) is 6.11. The van der Waals surface area contributed by atoms with Crippen LogP contribution in [0.3, 0.4) is 0 Å². The van der Waals surface area contributed by atoms with Gasteiger partial charge in [-0.1, -0.05) is 47.5 Å². The lowest BCUT2D eigenvalue weighted by molar-refractivity contribution is -0.118. The molecule has 0 saturated carbocycles. The number of primary amides is 1. The van der Waals surface area contributed by atoms with Gasteiger partial charge in [0.05, 0.1) is 11.4 Å². The highest BCUT2D eigenvalue weighted by Crippen LogP contribution is 2.26. The van der Waals surface area contributed by atoms with E-state index >= 15 is 0 Å². The molecule has 0 heterocycles. The van der Waals surface area contributed by atoms with Crippen molar-refractivity contribution < 1.29 is 13.2 Å². The maximum atomic E-state index is 13.2. The summed E-state index contributed by atoms with van der Waals surface area (Å²) < 4.78 is 27.6. The Kier molecular flexibility index (Phi) is 5.65. The van der Waals surface area contributed by atoms with Crippen LogP contribution in [0, 0.1) is 27.7 Å². The van der Waals surface area contributed by atoms with Crippen LogP contribution in [0.4, 0.5) is 0 Å². The molecule has 0 aromatic heterocycles. The maximum Gasteiger partial charge on any atom is 0.244 e. The molecule has 2 aromatic carbocycles. The molecule has 0 aliphatic heterocycles. The summed E-state index contributed by atoms with van der Waals surface area (Å²) in [6, 6.07) is 11.2. The van der Waals surface area contributed by atoms with Gasteiger partial charge in [0.25, 0.3) is 0 Å². The zero-order valence-electron chi connectivity index (χ0n) is 15.0. The van der Waals surface area contributed by atoms with Crippen molar-refractivity contribution in [2.24, 2.45) is 5.73 Å². The number of amides is 1. The lowest BCUT2D eigenvalue weighted by Crippen LogP contribution is -2.38. The van der Waals surface area contributed by atoms with Gasteiger partial charge in [-0.25, -0.2) is 8.42 Å². The first-order valence-corrected chi connectivity index (χ1v) is 9.47. The van der Waals surface area contributed by atoms with Crippen LogP contribution in [0.15, 0.2) is 41.3 Å². The fourth-order valence-corrected chi connectivity index (χ4v) is 4.81. The van der Waals surface area contributed by atoms with Crippen molar-refractivity contribution in [2.75, 3.05) is 6.54 Å². The number of hydrogen-bond acceptors (Lipinski definition) is 3. The molecule has 2 N–H and O–H groups in total. The smallest absolute Gasteiger partial charge is 0.244 e. The minimum atomic E-state index is -3.85. The van der Waals surface area contributed by atoms with Crippen LogP contribution in [0.25, 0.3) is 0 Å².